The number of hydrogen-bond acceptors (Lipinski definition) is 5. The first kappa shape index (κ1) is 25.5. The van der Waals surface area contributed by atoms with E-state index in [0.717, 1.165) is 24.1 Å². The molecule has 0 aromatic carbocycles. The first-order valence-electron chi connectivity index (χ1n) is 8.53. The van der Waals surface area contributed by atoms with Crippen molar-refractivity contribution in [2.45, 2.75) is 47.5 Å². The van der Waals surface area contributed by atoms with Crippen molar-refractivity contribution in [1.29, 1.82) is 0 Å². The molecule has 0 aromatic heterocycles. The van der Waals surface area contributed by atoms with E-state index in [9.17, 15) is 14.4 Å². The summed E-state index contributed by atoms with van der Waals surface area (Å²) < 4.78 is 4.77. The maximum Gasteiger partial charge on any atom is 0.316 e. The van der Waals surface area contributed by atoms with E-state index >= 15 is 0 Å². The van der Waals surface area contributed by atoms with Gasteiger partial charge in [0.25, 0.3) is 0 Å². The molecular weight excluding hydrogens is 318 g/mol. The molecule has 5 heteroatoms. The number of nitrogens with zero attached hydrogens (tertiary/aromatic N) is 1. The molecule has 0 fully saturated rings. The average Bonchev–Trinajstić information content (AvgIpc) is 2.43. The third-order valence-electron chi connectivity index (χ3n) is 3.37. The van der Waals surface area contributed by atoms with E-state index in [4.69, 9.17) is 4.74 Å². The van der Waals surface area contributed by atoms with Gasteiger partial charge in [0, 0.05) is 12.5 Å². The van der Waals surface area contributed by atoms with Crippen molar-refractivity contribution < 1.29 is 19.1 Å². The molecule has 0 aliphatic heterocycles. The molecule has 0 bridgehead atoms. The summed E-state index contributed by atoms with van der Waals surface area (Å²) in [5.41, 5.74) is 1.89. The summed E-state index contributed by atoms with van der Waals surface area (Å²) in [6.45, 7) is 17.1. The van der Waals surface area contributed by atoms with Gasteiger partial charge in [-0.2, -0.15) is 0 Å². The quantitative estimate of drug-likeness (QED) is 0.342. The van der Waals surface area contributed by atoms with Gasteiger partial charge in [-0.3, -0.25) is 14.4 Å². The lowest BCUT2D eigenvalue weighted by Gasteiger charge is -2.18. The zero-order valence-corrected chi connectivity index (χ0v) is 17.0. The second-order valence-electron chi connectivity index (χ2n) is 6.81. The van der Waals surface area contributed by atoms with Crippen molar-refractivity contribution >= 4 is 17.5 Å². The summed E-state index contributed by atoms with van der Waals surface area (Å²) in [6.07, 6.45) is 1.20. The van der Waals surface area contributed by atoms with Gasteiger partial charge in [-0.1, -0.05) is 11.1 Å². The Morgan fingerprint density at radius 3 is 1.68 bits per heavy atom. The van der Waals surface area contributed by atoms with Gasteiger partial charge < -0.3 is 9.64 Å². The van der Waals surface area contributed by atoms with Gasteiger partial charge in [0.1, 0.15) is 17.5 Å². The van der Waals surface area contributed by atoms with E-state index in [-0.39, 0.29) is 17.5 Å². The smallest absolute Gasteiger partial charge is 0.316 e. The molecule has 2 unspecified atom stereocenters. The second-order valence-corrected chi connectivity index (χ2v) is 6.81. The highest BCUT2D eigenvalue weighted by Gasteiger charge is 2.24. The minimum atomic E-state index is -0.669. The topological polar surface area (TPSA) is 63.7 Å². The van der Waals surface area contributed by atoms with Gasteiger partial charge in [0.05, 0.1) is 6.61 Å². The predicted molar refractivity (Wildman–Crippen MR) is 102 cm³/mol. The Morgan fingerprint density at radius 1 is 0.920 bits per heavy atom. The first-order chi connectivity index (χ1) is 11.4. The van der Waals surface area contributed by atoms with E-state index in [1.165, 1.54) is 6.92 Å². The number of ether oxygens (including phenoxy) is 1. The van der Waals surface area contributed by atoms with E-state index in [0.29, 0.717) is 13.0 Å². The Balaban J connectivity index is 0. The molecule has 144 valence electrons. The molecule has 0 saturated carbocycles. The van der Waals surface area contributed by atoms with Crippen LogP contribution in [0, 0.1) is 11.8 Å². The van der Waals surface area contributed by atoms with Crippen molar-refractivity contribution in [1.82, 2.24) is 4.90 Å². The van der Waals surface area contributed by atoms with Gasteiger partial charge in [-0.25, -0.2) is 0 Å². The molecule has 2 atom stereocenters. The molecule has 0 amide bonds. The molecule has 25 heavy (non-hydrogen) atoms. The molecule has 0 aliphatic rings. The Labute approximate surface area is 153 Å². The highest BCUT2D eigenvalue weighted by atomic mass is 16.5. The summed E-state index contributed by atoms with van der Waals surface area (Å²) >= 11 is 0. The van der Waals surface area contributed by atoms with Crippen LogP contribution >= 0.6 is 0 Å². The Kier molecular flexibility index (Phi) is 13.8. The Hall–Kier alpha value is -1.75. The third kappa shape index (κ3) is 14.3. The fourth-order valence-electron chi connectivity index (χ4n) is 2.18. The Morgan fingerprint density at radius 2 is 1.40 bits per heavy atom. The fraction of sp³-hybridized carbons (Fsp3) is 0.650. The van der Waals surface area contributed by atoms with Gasteiger partial charge in [0.15, 0.2) is 0 Å². The SMILES string of the molecule is C=C(C)CC(C(C)=O)C(=O)OCC.C=C(C)CC(CN(C)C)C(C)=O. The number of ketones is 2. The van der Waals surface area contributed by atoms with Gasteiger partial charge in [0.2, 0.25) is 0 Å². The lowest BCUT2D eigenvalue weighted by molar-refractivity contribution is -0.151. The number of Topliss-reactive ketones (excluding diaryl/α,β-unsaturated/α-hetero) is 2. The van der Waals surface area contributed by atoms with Crippen molar-refractivity contribution in [3.8, 4) is 0 Å². The fourth-order valence-corrected chi connectivity index (χ4v) is 2.18. The van der Waals surface area contributed by atoms with Crippen molar-refractivity contribution in [3.05, 3.63) is 24.3 Å². The van der Waals surface area contributed by atoms with Crippen LogP contribution in [0.4, 0.5) is 0 Å². The number of allylic oxidation sites excluding steroid dienone is 2. The zero-order chi connectivity index (χ0) is 20.2. The molecule has 0 rings (SSSR count). The second kappa shape index (κ2) is 13.5. The largest absolute Gasteiger partial charge is 0.465 e. The summed E-state index contributed by atoms with van der Waals surface area (Å²) in [5, 5.41) is 0. The average molecular weight is 354 g/mol. The maximum absolute atomic E-state index is 11.2. The molecule has 0 aliphatic carbocycles. The van der Waals surface area contributed by atoms with Gasteiger partial charge in [-0.05, 0) is 61.6 Å². The van der Waals surface area contributed by atoms with E-state index in [1.54, 1.807) is 20.8 Å². The van der Waals surface area contributed by atoms with E-state index in [1.807, 2.05) is 25.9 Å². The molecule has 0 N–H and O–H groups in total. The van der Waals surface area contributed by atoms with E-state index in [2.05, 4.69) is 13.2 Å². The van der Waals surface area contributed by atoms with Crippen molar-refractivity contribution in [2.75, 3.05) is 27.2 Å². The summed E-state index contributed by atoms with van der Waals surface area (Å²) in [6, 6.07) is 0. The van der Waals surface area contributed by atoms with Gasteiger partial charge in [-0.15, -0.1) is 13.2 Å². The summed E-state index contributed by atoms with van der Waals surface area (Å²) in [7, 11) is 3.96. The standard InChI is InChI=1S/C10H19NO.C10H16O3/c1-8(2)6-10(9(3)12)7-11(4)5;1-5-13-10(12)9(8(4)11)6-7(2)3/h10H,1,6-7H2,2-5H3;9H,2,5-6H2,1,3-4H3. The van der Waals surface area contributed by atoms with Crippen LogP contribution < -0.4 is 0 Å². The summed E-state index contributed by atoms with van der Waals surface area (Å²) in [4.78, 5) is 35.5. The van der Waals surface area contributed by atoms with Crippen molar-refractivity contribution in [3.63, 3.8) is 0 Å². The monoisotopic (exact) mass is 353 g/mol. The number of carbonyl (C=O) groups is 3. The van der Waals surface area contributed by atoms with Crippen LogP contribution in [0.3, 0.4) is 0 Å². The lowest BCUT2D eigenvalue weighted by atomic mass is 9.97. The minimum Gasteiger partial charge on any atom is -0.465 e. The van der Waals surface area contributed by atoms with Gasteiger partial charge >= 0.3 is 5.97 Å². The summed E-state index contributed by atoms with van der Waals surface area (Å²) in [5.74, 6) is -0.902. The van der Waals surface area contributed by atoms with Crippen LogP contribution in [0.1, 0.15) is 47.5 Å². The molecule has 0 spiro atoms. The molecule has 5 nitrogen and oxygen atoms in total. The van der Waals surface area contributed by atoms with Crippen LogP contribution in [0.15, 0.2) is 24.3 Å². The predicted octanol–water partition coefficient (Wildman–Crippen LogP) is 3.44. The molecule has 0 aromatic rings. The molecule has 0 saturated heterocycles. The van der Waals surface area contributed by atoms with Crippen molar-refractivity contribution in [2.24, 2.45) is 11.8 Å². The molecule has 0 radical (unpaired) electrons. The van der Waals surface area contributed by atoms with Crippen LogP contribution in [-0.2, 0) is 19.1 Å². The number of hydrogen-bond donors (Lipinski definition) is 0. The lowest BCUT2D eigenvalue weighted by Crippen LogP contribution is -2.26. The minimum absolute atomic E-state index is 0.123. The highest BCUT2D eigenvalue weighted by molar-refractivity contribution is 5.97. The van der Waals surface area contributed by atoms with Crippen LogP contribution in [-0.4, -0.2) is 49.7 Å². The zero-order valence-electron chi connectivity index (χ0n) is 17.0. The van der Waals surface area contributed by atoms with E-state index < -0.39 is 11.9 Å². The number of esters is 1. The normalized spacial score (nSPS) is 12.5. The van der Waals surface area contributed by atoms with Crippen LogP contribution in [0.2, 0.25) is 0 Å². The third-order valence-corrected chi connectivity index (χ3v) is 3.37. The molecular formula is C20H35NO4. The Bertz CT molecular complexity index is 480. The number of carbonyl (C=O) groups excluding carboxylic acids is 3. The highest BCUT2D eigenvalue weighted by Crippen LogP contribution is 2.13. The maximum atomic E-state index is 11.2. The van der Waals surface area contributed by atoms with Crippen LogP contribution in [0.25, 0.3) is 0 Å². The first-order valence-corrected chi connectivity index (χ1v) is 8.53. The van der Waals surface area contributed by atoms with Crippen LogP contribution in [0.5, 0.6) is 0 Å². The molecule has 0 heterocycles. The number of rotatable bonds is 10.